The molecule has 0 aliphatic rings. The van der Waals surface area contributed by atoms with Crippen LogP contribution >= 0.6 is 0 Å². The minimum absolute atomic E-state index is 0.875. The van der Waals surface area contributed by atoms with Gasteiger partial charge in [-0.25, -0.2) is 0 Å². The van der Waals surface area contributed by atoms with Gasteiger partial charge in [0.25, 0.3) is 0 Å². The summed E-state index contributed by atoms with van der Waals surface area (Å²) in [5.41, 5.74) is 13.4. The molecule has 3 heterocycles. The molecule has 11 rings (SSSR count). The lowest BCUT2D eigenvalue weighted by molar-refractivity contribution is 0.669. The second-order valence-corrected chi connectivity index (χ2v) is 13.3. The summed E-state index contributed by atoms with van der Waals surface area (Å²) in [5, 5.41) is 7.16. The molecule has 238 valence electrons. The third-order valence-electron chi connectivity index (χ3n) is 10.5. The van der Waals surface area contributed by atoms with Gasteiger partial charge in [0.2, 0.25) is 0 Å². The number of aromatic nitrogens is 2. The zero-order valence-corrected chi connectivity index (χ0v) is 27.6. The average Bonchev–Trinajstić information content (AvgIpc) is 3.85. The Hall–Kier alpha value is -6.84. The van der Waals surface area contributed by atoms with Gasteiger partial charge in [-0.15, -0.1) is 0 Å². The summed E-state index contributed by atoms with van der Waals surface area (Å²) in [6.45, 7) is 0. The number of para-hydroxylation sites is 4. The Kier molecular flexibility index (Phi) is 5.96. The largest absolute Gasteiger partial charge is 0.456 e. The summed E-state index contributed by atoms with van der Waals surface area (Å²) < 4.78 is 11.4. The van der Waals surface area contributed by atoms with Crippen molar-refractivity contribution in [1.29, 1.82) is 0 Å². The van der Waals surface area contributed by atoms with Gasteiger partial charge >= 0.3 is 0 Å². The first-order valence-electron chi connectivity index (χ1n) is 17.4. The van der Waals surface area contributed by atoms with Crippen LogP contribution < -0.4 is 0 Å². The monoisotopic (exact) mass is 650 g/mol. The van der Waals surface area contributed by atoms with Crippen molar-refractivity contribution in [2.75, 3.05) is 0 Å². The maximum absolute atomic E-state index is 6.54. The Morgan fingerprint density at radius 3 is 1.55 bits per heavy atom. The Morgan fingerprint density at radius 2 is 0.863 bits per heavy atom. The third kappa shape index (κ3) is 4.12. The van der Waals surface area contributed by atoms with E-state index in [1.165, 1.54) is 43.7 Å². The van der Waals surface area contributed by atoms with Crippen LogP contribution in [0.1, 0.15) is 0 Å². The zero-order valence-electron chi connectivity index (χ0n) is 27.6. The molecule has 3 nitrogen and oxygen atoms in total. The van der Waals surface area contributed by atoms with E-state index in [1.807, 2.05) is 6.07 Å². The van der Waals surface area contributed by atoms with Crippen LogP contribution in [0.3, 0.4) is 0 Å². The van der Waals surface area contributed by atoms with Crippen molar-refractivity contribution in [2.24, 2.45) is 0 Å². The molecule has 0 bridgehead atoms. The predicted molar refractivity (Wildman–Crippen MR) is 213 cm³/mol. The van der Waals surface area contributed by atoms with E-state index < -0.39 is 0 Å². The molecule has 0 aliphatic heterocycles. The van der Waals surface area contributed by atoms with E-state index in [9.17, 15) is 0 Å². The predicted octanol–water partition coefficient (Wildman–Crippen LogP) is 13.1. The van der Waals surface area contributed by atoms with Crippen LogP contribution in [-0.2, 0) is 0 Å². The molecule has 51 heavy (non-hydrogen) atoms. The summed E-state index contributed by atoms with van der Waals surface area (Å²) in [5.74, 6) is 0. The van der Waals surface area contributed by atoms with E-state index in [4.69, 9.17) is 4.42 Å². The molecule has 3 aromatic heterocycles. The lowest BCUT2D eigenvalue weighted by Gasteiger charge is -2.17. The molecular weight excluding hydrogens is 621 g/mol. The van der Waals surface area contributed by atoms with Crippen LogP contribution in [0.15, 0.2) is 186 Å². The summed E-state index contributed by atoms with van der Waals surface area (Å²) in [6, 6.07) is 65.5. The molecule has 0 N–H and O–H groups in total. The van der Waals surface area contributed by atoms with Crippen molar-refractivity contribution in [3.8, 4) is 33.6 Å². The molecule has 0 saturated carbocycles. The highest BCUT2D eigenvalue weighted by atomic mass is 16.3. The molecule has 0 atom stereocenters. The van der Waals surface area contributed by atoms with Crippen LogP contribution in [0.25, 0.3) is 99.2 Å². The Labute approximate surface area is 293 Å². The molecule has 11 aromatic rings. The van der Waals surface area contributed by atoms with Crippen LogP contribution in [0.4, 0.5) is 0 Å². The topological polar surface area (TPSA) is 23.0 Å². The molecule has 0 unspecified atom stereocenters. The van der Waals surface area contributed by atoms with E-state index in [0.717, 1.165) is 55.5 Å². The first-order valence-corrected chi connectivity index (χ1v) is 17.4. The van der Waals surface area contributed by atoms with Gasteiger partial charge < -0.3 is 13.6 Å². The average molecular weight is 651 g/mol. The number of hydrogen-bond acceptors (Lipinski definition) is 1. The summed E-state index contributed by atoms with van der Waals surface area (Å²) >= 11 is 0. The van der Waals surface area contributed by atoms with Crippen molar-refractivity contribution < 1.29 is 4.42 Å². The first-order chi connectivity index (χ1) is 25.3. The van der Waals surface area contributed by atoms with E-state index in [-0.39, 0.29) is 0 Å². The van der Waals surface area contributed by atoms with E-state index in [2.05, 4.69) is 185 Å². The number of nitrogens with zero attached hydrogens (tertiary/aromatic N) is 2. The fourth-order valence-electron chi connectivity index (χ4n) is 8.28. The SMILES string of the molecule is c1ccc(-c2ccc(-c3ccc4oc5ccccc5c4c3-n3c4ccccc4c4ccc(-n5c6ccccc6c6ccccc65)cc43)cc2)cc1. The lowest BCUT2D eigenvalue weighted by Crippen LogP contribution is -2.00. The van der Waals surface area contributed by atoms with E-state index >= 15 is 0 Å². The van der Waals surface area contributed by atoms with Crippen molar-refractivity contribution in [3.05, 3.63) is 182 Å². The molecule has 0 saturated heterocycles. The second kappa shape index (κ2) is 10.8. The quantitative estimate of drug-likeness (QED) is 0.186. The molecule has 0 fully saturated rings. The maximum atomic E-state index is 6.54. The molecule has 8 aromatic carbocycles. The highest BCUT2D eigenvalue weighted by molar-refractivity contribution is 6.17. The molecule has 0 radical (unpaired) electrons. The van der Waals surface area contributed by atoms with Gasteiger partial charge in [0.15, 0.2) is 0 Å². The van der Waals surface area contributed by atoms with Gasteiger partial charge in [0.05, 0.1) is 33.1 Å². The van der Waals surface area contributed by atoms with Gasteiger partial charge in [0.1, 0.15) is 11.2 Å². The van der Waals surface area contributed by atoms with Crippen molar-refractivity contribution in [3.63, 3.8) is 0 Å². The van der Waals surface area contributed by atoms with Crippen LogP contribution in [0.5, 0.6) is 0 Å². The minimum Gasteiger partial charge on any atom is -0.456 e. The lowest BCUT2D eigenvalue weighted by atomic mass is 9.96. The van der Waals surface area contributed by atoms with E-state index in [0.29, 0.717) is 0 Å². The minimum atomic E-state index is 0.875. The maximum Gasteiger partial charge on any atom is 0.137 e. The molecule has 3 heteroatoms. The van der Waals surface area contributed by atoms with Crippen molar-refractivity contribution >= 4 is 65.6 Å². The van der Waals surface area contributed by atoms with Gasteiger partial charge in [-0.1, -0.05) is 133 Å². The second-order valence-electron chi connectivity index (χ2n) is 13.3. The smallest absolute Gasteiger partial charge is 0.137 e. The number of rotatable bonds is 4. The van der Waals surface area contributed by atoms with Gasteiger partial charge in [-0.2, -0.15) is 0 Å². The number of fused-ring (bicyclic) bond motifs is 9. The normalized spacial score (nSPS) is 11.9. The van der Waals surface area contributed by atoms with Crippen molar-refractivity contribution in [1.82, 2.24) is 9.13 Å². The van der Waals surface area contributed by atoms with Crippen molar-refractivity contribution in [2.45, 2.75) is 0 Å². The standard InChI is InChI=1S/C48H30N2O/c1-2-12-31(13-3-1)32-22-24-33(25-23-32)35-28-29-46-47(40-17-7-11-21-45(40)51-46)48(35)50-43-20-10-6-16-38(43)39-27-26-34(30-44(39)50)49-41-18-8-4-14-36(41)37-15-5-9-19-42(37)49/h1-30H. The van der Waals surface area contributed by atoms with Gasteiger partial charge in [-0.3, -0.25) is 0 Å². The molecule has 0 aliphatic carbocycles. The van der Waals surface area contributed by atoms with Gasteiger partial charge in [0, 0.05) is 38.2 Å². The Morgan fingerprint density at radius 1 is 0.333 bits per heavy atom. The zero-order chi connectivity index (χ0) is 33.5. The highest BCUT2D eigenvalue weighted by Crippen LogP contribution is 2.44. The Balaban J connectivity index is 1.25. The van der Waals surface area contributed by atoms with Crippen LogP contribution in [-0.4, -0.2) is 9.13 Å². The molecule has 0 spiro atoms. The fourth-order valence-corrected chi connectivity index (χ4v) is 8.28. The number of benzene rings is 8. The number of hydrogen-bond donors (Lipinski definition) is 0. The van der Waals surface area contributed by atoms with Crippen LogP contribution in [0.2, 0.25) is 0 Å². The van der Waals surface area contributed by atoms with E-state index in [1.54, 1.807) is 0 Å². The Bertz CT molecular complexity index is 3070. The fraction of sp³-hybridized carbons (Fsp3) is 0. The first kappa shape index (κ1) is 28.0. The summed E-state index contributed by atoms with van der Waals surface area (Å²) in [4.78, 5) is 0. The molecule has 0 amide bonds. The molecular formula is C48H30N2O. The summed E-state index contributed by atoms with van der Waals surface area (Å²) in [7, 11) is 0. The number of furan rings is 1. The highest BCUT2D eigenvalue weighted by Gasteiger charge is 2.23. The summed E-state index contributed by atoms with van der Waals surface area (Å²) in [6.07, 6.45) is 0. The van der Waals surface area contributed by atoms with Gasteiger partial charge in [-0.05, 0) is 65.2 Å². The third-order valence-corrected chi connectivity index (χ3v) is 10.5. The van der Waals surface area contributed by atoms with Crippen LogP contribution in [0, 0.1) is 0 Å².